The highest BCUT2D eigenvalue weighted by Crippen LogP contribution is 2.29. The summed E-state index contributed by atoms with van der Waals surface area (Å²) in [7, 11) is 1.49. The smallest absolute Gasteiger partial charge is 0.146 e. The summed E-state index contributed by atoms with van der Waals surface area (Å²) in [4.78, 5) is 9.47. The number of hydrogen-bond acceptors (Lipinski definition) is 5. The van der Waals surface area contributed by atoms with Gasteiger partial charge in [0.25, 0.3) is 0 Å². The Balaban J connectivity index is 2.14. The van der Waals surface area contributed by atoms with Gasteiger partial charge in [0.15, 0.2) is 0 Å². The fourth-order valence-corrected chi connectivity index (χ4v) is 2.86. The molecular weight excluding hydrogens is 381 g/mol. The van der Waals surface area contributed by atoms with Crippen molar-refractivity contribution in [2.75, 3.05) is 7.11 Å². The lowest BCUT2D eigenvalue weighted by molar-refractivity contribution is 0.212. The summed E-state index contributed by atoms with van der Waals surface area (Å²) in [5.74, 6) is 0.585. The molecule has 0 bridgehead atoms. The molecule has 2 rings (SSSR count). The number of pyridine rings is 1. The molecule has 0 saturated heterocycles. The fourth-order valence-electron chi connectivity index (χ4n) is 2.11. The molecule has 2 aromatic rings. The number of rotatable bonds is 6. The van der Waals surface area contributed by atoms with E-state index in [9.17, 15) is 0 Å². The molecule has 25 heavy (non-hydrogen) atoms. The highest BCUT2D eigenvalue weighted by Gasteiger charge is 2.21. The van der Waals surface area contributed by atoms with E-state index in [0.717, 1.165) is 5.39 Å². The number of halogens is 2. The molecule has 0 saturated carbocycles. The molecule has 0 amide bonds. The van der Waals surface area contributed by atoms with Crippen LogP contribution >= 0.6 is 35.4 Å². The topological polar surface area (TPSA) is 55.7 Å². The van der Waals surface area contributed by atoms with Gasteiger partial charge < -0.3 is 14.9 Å². The van der Waals surface area contributed by atoms with Gasteiger partial charge in [-0.3, -0.25) is 4.98 Å². The Hall–Kier alpha value is -1.63. The molecule has 0 spiro atoms. The second-order valence-corrected chi connectivity index (χ2v) is 7.30. The van der Waals surface area contributed by atoms with Gasteiger partial charge in [-0.05, 0) is 32.9 Å². The Morgan fingerprint density at radius 2 is 2.08 bits per heavy atom. The van der Waals surface area contributed by atoms with Gasteiger partial charge in [-0.1, -0.05) is 40.6 Å². The summed E-state index contributed by atoms with van der Waals surface area (Å²) in [6.45, 7) is 5.71. The van der Waals surface area contributed by atoms with Crippen LogP contribution in [0.5, 0.6) is 5.75 Å². The van der Waals surface area contributed by atoms with Crippen LogP contribution in [0.3, 0.4) is 0 Å². The van der Waals surface area contributed by atoms with E-state index in [1.54, 1.807) is 24.5 Å². The number of oxime groups is 1. The van der Waals surface area contributed by atoms with Crippen molar-refractivity contribution in [3.63, 3.8) is 0 Å². The second-order valence-electron chi connectivity index (χ2n) is 6.02. The summed E-state index contributed by atoms with van der Waals surface area (Å²) >= 11 is 17.7. The van der Waals surface area contributed by atoms with Gasteiger partial charge >= 0.3 is 0 Å². The van der Waals surface area contributed by atoms with Crippen LogP contribution in [0.15, 0.2) is 29.6 Å². The molecule has 1 unspecified atom stereocenters. The normalized spacial score (nSPS) is 13.0. The number of benzene rings is 1. The zero-order chi connectivity index (χ0) is 18.6. The van der Waals surface area contributed by atoms with E-state index in [-0.39, 0.29) is 6.10 Å². The summed E-state index contributed by atoms with van der Waals surface area (Å²) in [5.41, 5.74) is 0.201. The first-order valence-corrected chi connectivity index (χ1v) is 8.69. The maximum Gasteiger partial charge on any atom is 0.146 e. The number of hydrogen-bond donors (Lipinski definition) is 1. The number of thiocarbonyl (C=S) groups is 1. The Morgan fingerprint density at radius 1 is 1.36 bits per heavy atom. The molecule has 1 aromatic carbocycles. The first kappa shape index (κ1) is 19.7. The third kappa shape index (κ3) is 5.42. The van der Waals surface area contributed by atoms with Crippen LogP contribution < -0.4 is 10.1 Å². The minimum atomic E-state index is -0.469. The number of nitrogens with zero attached hydrogens (tertiary/aromatic N) is 2. The minimum Gasteiger partial charge on any atom is -0.484 e. The highest BCUT2D eigenvalue weighted by atomic mass is 35.5. The lowest BCUT2D eigenvalue weighted by Crippen LogP contribution is -2.48. The lowest BCUT2D eigenvalue weighted by Gasteiger charge is -2.26. The van der Waals surface area contributed by atoms with Gasteiger partial charge in [0.2, 0.25) is 0 Å². The van der Waals surface area contributed by atoms with Gasteiger partial charge in [0.1, 0.15) is 24.0 Å². The van der Waals surface area contributed by atoms with Crippen molar-refractivity contribution in [2.45, 2.75) is 32.4 Å². The zero-order valence-corrected chi connectivity index (χ0v) is 16.7. The van der Waals surface area contributed by atoms with Gasteiger partial charge in [0, 0.05) is 17.6 Å². The highest BCUT2D eigenvalue weighted by molar-refractivity contribution is 7.80. The van der Waals surface area contributed by atoms with Crippen molar-refractivity contribution in [2.24, 2.45) is 5.16 Å². The van der Waals surface area contributed by atoms with Crippen molar-refractivity contribution in [1.29, 1.82) is 0 Å². The SMILES string of the molecule is CON=CC(C)(C)NC(=S)C(C)Oc1cc(Cl)c2ncc(Cl)cc2c1. The van der Waals surface area contributed by atoms with E-state index in [1.165, 1.54) is 7.11 Å². The van der Waals surface area contributed by atoms with E-state index < -0.39 is 5.54 Å². The summed E-state index contributed by atoms with van der Waals surface area (Å²) in [6.07, 6.45) is 2.82. The van der Waals surface area contributed by atoms with Gasteiger partial charge in [-0.15, -0.1) is 0 Å². The standard InChI is InChI=1S/C17H19Cl2N3O2S/c1-10(16(25)22-17(2,3)9-21-23-4)24-13-6-11-5-12(18)8-20-15(11)14(19)7-13/h5-10H,1-4H3,(H,22,25). The summed E-state index contributed by atoms with van der Waals surface area (Å²) < 4.78 is 5.92. The average molecular weight is 400 g/mol. The van der Waals surface area contributed by atoms with Gasteiger partial charge in [-0.2, -0.15) is 0 Å². The number of fused-ring (bicyclic) bond motifs is 1. The Bertz CT molecular complexity index is 812. The molecule has 0 radical (unpaired) electrons. The second kappa shape index (κ2) is 8.17. The molecule has 1 N–H and O–H groups in total. The minimum absolute atomic E-state index is 0.370. The molecule has 0 aliphatic carbocycles. The predicted octanol–water partition coefficient (Wildman–Crippen LogP) is 4.64. The molecule has 0 aliphatic rings. The van der Waals surface area contributed by atoms with Crippen molar-refractivity contribution in [3.8, 4) is 5.75 Å². The Labute approximate surface area is 162 Å². The number of nitrogens with one attached hydrogen (secondary N) is 1. The van der Waals surface area contributed by atoms with Crippen LogP contribution in [0.4, 0.5) is 0 Å². The van der Waals surface area contributed by atoms with Crippen LogP contribution in [0.2, 0.25) is 10.0 Å². The van der Waals surface area contributed by atoms with Crippen LogP contribution in [0, 0.1) is 0 Å². The third-order valence-electron chi connectivity index (χ3n) is 3.29. The van der Waals surface area contributed by atoms with Crippen LogP contribution in [-0.2, 0) is 4.84 Å². The zero-order valence-electron chi connectivity index (χ0n) is 14.3. The number of ether oxygens (including phenoxy) is 1. The largest absolute Gasteiger partial charge is 0.484 e. The van der Waals surface area contributed by atoms with Gasteiger partial charge in [0.05, 0.1) is 27.3 Å². The fraction of sp³-hybridized carbons (Fsp3) is 0.353. The predicted molar refractivity (Wildman–Crippen MR) is 107 cm³/mol. The van der Waals surface area contributed by atoms with Crippen molar-refractivity contribution >= 4 is 57.5 Å². The van der Waals surface area contributed by atoms with E-state index in [1.807, 2.05) is 26.8 Å². The van der Waals surface area contributed by atoms with Crippen LogP contribution in [0.1, 0.15) is 20.8 Å². The molecule has 8 heteroatoms. The molecule has 134 valence electrons. The average Bonchev–Trinajstić information content (AvgIpc) is 2.52. The monoisotopic (exact) mass is 399 g/mol. The van der Waals surface area contributed by atoms with E-state index >= 15 is 0 Å². The van der Waals surface area contributed by atoms with E-state index in [0.29, 0.717) is 26.3 Å². The molecular formula is C17H19Cl2N3O2S. The molecule has 1 aromatic heterocycles. The van der Waals surface area contributed by atoms with Crippen LogP contribution in [0.25, 0.3) is 10.9 Å². The number of aromatic nitrogens is 1. The quantitative estimate of drug-likeness (QED) is 0.435. The molecule has 0 aliphatic heterocycles. The van der Waals surface area contributed by atoms with Gasteiger partial charge in [-0.25, -0.2) is 0 Å². The maximum absolute atomic E-state index is 6.28. The van der Waals surface area contributed by atoms with Crippen molar-refractivity contribution in [3.05, 3.63) is 34.4 Å². The summed E-state index contributed by atoms with van der Waals surface area (Å²) in [6, 6.07) is 5.33. The van der Waals surface area contributed by atoms with E-state index in [2.05, 4.69) is 15.5 Å². The Kier molecular flexibility index (Phi) is 6.43. The molecule has 1 heterocycles. The first-order chi connectivity index (χ1) is 11.7. The Morgan fingerprint density at radius 3 is 2.76 bits per heavy atom. The van der Waals surface area contributed by atoms with Crippen molar-refractivity contribution < 1.29 is 9.57 Å². The van der Waals surface area contributed by atoms with Crippen LogP contribution in [-0.4, -0.2) is 34.9 Å². The summed E-state index contributed by atoms with van der Waals surface area (Å²) in [5, 5.41) is 8.77. The molecule has 0 fully saturated rings. The maximum atomic E-state index is 6.28. The third-order valence-corrected chi connectivity index (χ3v) is 4.21. The van der Waals surface area contributed by atoms with Crippen molar-refractivity contribution in [1.82, 2.24) is 10.3 Å². The lowest BCUT2D eigenvalue weighted by atomic mass is 10.1. The van der Waals surface area contributed by atoms with E-state index in [4.69, 9.17) is 45.0 Å². The first-order valence-electron chi connectivity index (χ1n) is 7.53. The molecule has 1 atom stereocenters. The molecule has 5 nitrogen and oxygen atoms in total.